The molecule has 0 radical (unpaired) electrons. The first-order chi connectivity index (χ1) is 25.5. The third kappa shape index (κ3) is 6.75. The van der Waals surface area contributed by atoms with E-state index in [4.69, 9.17) is 28.4 Å². The Bertz CT molecular complexity index is 1440. The standard InChI is InChI=1S/C38H58O16/c1-15(40)20-7-8-21-19-6-5-17-11-18(41)12-25(38(17,4)22(19)9-10-37(20,21)3)52-36-33(54-35-31(48)29(46)26(43)16(2)50-35)32(28(45)24(13-39)51-36)53-34-30(47)27(44)23(42)14-49-34/h5,7,16,18-19,21-36,39,41-48H,6,8-14H2,1-4H3/t16-,18+,19-,21-,22-,23+,24+,25+,26-,27-,28+,29+,30+,31+,32-,33+,34-,35-,36-,37+,38-/m0/s1. The van der Waals surface area contributed by atoms with Crippen LogP contribution in [0.25, 0.3) is 0 Å². The maximum atomic E-state index is 12.7. The van der Waals surface area contributed by atoms with Crippen molar-refractivity contribution in [1.29, 1.82) is 0 Å². The average Bonchev–Trinajstić information content (AvgIpc) is 3.50. The Balaban J connectivity index is 1.22. The van der Waals surface area contributed by atoms with Gasteiger partial charge in [-0.25, -0.2) is 0 Å². The van der Waals surface area contributed by atoms with Gasteiger partial charge in [-0.3, -0.25) is 4.79 Å². The van der Waals surface area contributed by atoms with Crippen LogP contribution in [0, 0.1) is 28.6 Å². The van der Waals surface area contributed by atoms with E-state index in [0.717, 1.165) is 36.8 Å². The Morgan fingerprint density at radius 1 is 0.815 bits per heavy atom. The normalized spacial score (nSPS) is 53.5. The number of rotatable bonds is 8. The smallest absolute Gasteiger partial charge is 0.187 e. The minimum absolute atomic E-state index is 0.0944. The van der Waals surface area contributed by atoms with Crippen molar-refractivity contribution in [3.63, 3.8) is 0 Å². The van der Waals surface area contributed by atoms with Crippen molar-refractivity contribution >= 4 is 5.78 Å². The predicted molar refractivity (Wildman–Crippen MR) is 184 cm³/mol. The van der Waals surface area contributed by atoms with Crippen LogP contribution in [0.4, 0.5) is 0 Å². The lowest BCUT2D eigenvalue weighted by Crippen LogP contribution is -2.67. The molecule has 5 fully saturated rings. The van der Waals surface area contributed by atoms with Crippen LogP contribution in [0.2, 0.25) is 0 Å². The van der Waals surface area contributed by atoms with E-state index in [2.05, 4.69) is 26.0 Å². The van der Waals surface area contributed by atoms with Gasteiger partial charge in [0.25, 0.3) is 0 Å². The van der Waals surface area contributed by atoms with E-state index in [1.54, 1.807) is 6.92 Å². The van der Waals surface area contributed by atoms with Crippen molar-refractivity contribution in [2.45, 2.75) is 164 Å². The topological polar surface area (TPSA) is 255 Å². The van der Waals surface area contributed by atoms with E-state index < -0.39 is 117 Å². The van der Waals surface area contributed by atoms with E-state index in [-0.39, 0.29) is 35.4 Å². The van der Waals surface area contributed by atoms with Crippen LogP contribution in [0.3, 0.4) is 0 Å². The molecular weight excluding hydrogens is 712 g/mol. The fourth-order valence-electron chi connectivity index (χ4n) is 10.9. The summed E-state index contributed by atoms with van der Waals surface area (Å²) in [6.45, 7) is 6.29. The zero-order valence-electron chi connectivity index (χ0n) is 31.2. The van der Waals surface area contributed by atoms with Crippen LogP contribution >= 0.6 is 0 Å². The minimum atomic E-state index is -1.78. The van der Waals surface area contributed by atoms with Crippen LogP contribution in [0.5, 0.6) is 0 Å². The van der Waals surface area contributed by atoms with Gasteiger partial charge in [0.05, 0.1) is 31.5 Å². The molecule has 2 saturated carbocycles. The summed E-state index contributed by atoms with van der Waals surface area (Å²) in [5.74, 6) is 0.635. The molecule has 54 heavy (non-hydrogen) atoms. The third-order valence-corrected chi connectivity index (χ3v) is 14.0. The van der Waals surface area contributed by atoms with E-state index >= 15 is 0 Å². The molecule has 306 valence electrons. The second-order valence-corrected chi connectivity index (χ2v) is 17.1. The summed E-state index contributed by atoms with van der Waals surface area (Å²) < 4.78 is 36.7. The fourth-order valence-corrected chi connectivity index (χ4v) is 10.9. The number of hydrogen-bond acceptors (Lipinski definition) is 16. The van der Waals surface area contributed by atoms with Crippen molar-refractivity contribution < 1.29 is 79.2 Å². The highest BCUT2D eigenvalue weighted by atomic mass is 16.8. The van der Waals surface area contributed by atoms with Gasteiger partial charge in [-0.15, -0.1) is 0 Å². The highest BCUT2D eigenvalue weighted by Crippen LogP contribution is 2.65. The van der Waals surface area contributed by atoms with Gasteiger partial charge in [0.1, 0.15) is 61.0 Å². The van der Waals surface area contributed by atoms with Gasteiger partial charge in [0.15, 0.2) is 24.7 Å². The Morgan fingerprint density at radius 2 is 1.52 bits per heavy atom. The first kappa shape index (κ1) is 40.7. The van der Waals surface area contributed by atoms with Crippen LogP contribution < -0.4 is 0 Å². The van der Waals surface area contributed by atoms with Gasteiger partial charge >= 0.3 is 0 Å². The number of aliphatic hydroxyl groups is 9. The molecule has 21 atom stereocenters. The van der Waals surface area contributed by atoms with Crippen LogP contribution in [-0.2, 0) is 33.2 Å². The van der Waals surface area contributed by atoms with Crippen molar-refractivity contribution in [2.75, 3.05) is 13.2 Å². The van der Waals surface area contributed by atoms with Crippen molar-refractivity contribution in [3.8, 4) is 0 Å². The van der Waals surface area contributed by atoms with Crippen LogP contribution in [0.15, 0.2) is 23.3 Å². The van der Waals surface area contributed by atoms with Gasteiger partial charge in [-0.2, -0.15) is 0 Å². The van der Waals surface area contributed by atoms with Crippen molar-refractivity contribution in [3.05, 3.63) is 23.3 Å². The number of carbonyl (C=O) groups excluding carboxylic acids is 1. The fraction of sp³-hybridized carbons (Fsp3) is 0.868. The minimum Gasteiger partial charge on any atom is -0.394 e. The first-order valence-corrected chi connectivity index (χ1v) is 19.4. The van der Waals surface area contributed by atoms with Crippen LogP contribution in [0.1, 0.15) is 66.2 Å². The summed E-state index contributed by atoms with van der Waals surface area (Å²) in [7, 11) is 0. The number of hydrogen-bond donors (Lipinski definition) is 9. The molecule has 0 aromatic rings. The molecule has 3 heterocycles. The molecule has 0 spiro atoms. The van der Waals surface area contributed by atoms with E-state index in [1.807, 2.05) is 0 Å². The van der Waals surface area contributed by atoms with Crippen LogP contribution in [-0.4, -0.2) is 163 Å². The summed E-state index contributed by atoms with van der Waals surface area (Å²) >= 11 is 0. The molecule has 9 N–H and O–H groups in total. The number of ketones is 1. The number of fused-ring (bicyclic) bond motifs is 5. The number of Topliss-reactive ketones (excluding diaryl/α,β-unsaturated/α-hetero) is 1. The molecule has 0 unspecified atom stereocenters. The van der Waals surface area contributed by atoms with E-state index in [9.17, 15) is 50.8 Å². The average molecular weight is 771 g/mol. The molecule has 0 aromatic heterocycles. The molecule has 4 aliphatic carbocycles. The predicted octanol–water partition coefficient (Wildman–Crippen LogP) is -1.45. The maximum absolute atomic E-state index is 12.7. The maximum Gasteiger partial charge on any atom is 0.187 e. The number of aliphatic hydroxyl groups excluding tert-OH is 9. The van der Waals surface area contributed by atoms with Gasteiger partial charge < -0.3 is 74.4 Å². The SMILES string of the molecule is CC(=O)C1=CC[C@H]2[C@@H]3CC=C4C[C@@H](O)C[C@@H](O[C@@H]5O[C@H](CO)[C@@H](O)[C@H](O[C@@H]6OC[C@@H](O)[C@H](O)[C@H]6O)[C@H]5O[C@@H]5O[C@@H](C)[C@H](O)[C@@H](O)[C@H]5O)[C@]4(C)[C@H]3CC[C@]12C. The molecular formula is C38H58O16. The van der Waals surface area contributed by atoms with Crippen molar-refractivity contribution in [2.24, 2.45) is 28.6 Å². The molecule has 16 nitrogen and oxygen atoms in total. The molecule has 0 bridgehead atoms. The Hall–Kier alpha value is -1.45. The Kier molecular flexibility index (Phi) is 11.6. The molecule has 7 aliphatic rings. The summed E-state index contributed by atoms with van der Waals surface area (Å²) in [4.78, 5) is 12.7. The third-order valence-electron chi connectivity index (χ3n) is 14.0. The lowest BCUT2D eigenvalue weighted by molar-refractivity contribution is -0.393. The monoisotopic (exact) mass is 770 g/mol. The van der Waals surface area contributed by atoms with Gasteiger partial charge in [-0.1, -0.05) is 31.6 Å². The van der Waals surface area contributed by atoms with Gasteiger partial charge in [0, 0.05) is 11.8 Å². The largest absolute Gasteiger partial charge is 0.394 e. The lowest BCUT2D eigenvalue weighted by Gasteiger charge is -2.60. The number of ether oxygens (including phenoxy) is 6. The summed E-state index contributed by atoms with van der Waals surface area (Å²) in [6.07, 6.45) is -14.9. The summed E-state index contributed by atoms with van der Waals surface area (Å²) in [6, 6.07) is 0. The summed E-state index contributed by atoms with van der Waals surface area (Å²) in [5.41, 5.74) is 1.06. The van der Waals surface area contributed by atoms with E-state index in [1.165, 1.54) is 6.92 Å². The van der Waals surface area contributed by atoms with Gasteiger partial charge in [0.2, 0.25) is 0 Å². The molecule has 7 rings (SSSR count). The highest BCUT2D eigenvalue weighted by Gasteiger charge is 2.62. The zero-order chi connectivity index (χ0) is 39.0. The Labute approximate surface area is 314 Å². The van der Waals surface area contributed by atoms with E-state index in [0.29, 0.717) is 6.42 Å². The first-order valence-electron chi connectivity index (χ1n) is 19.4. The summed E-state index contributed by atoms with van der Waals surface area (Å²) in [5, 5.41) is 96.4. The zero-order valence-corrected chi connectivity index (χ0v) is 31.2. The quantitative estimate of drug-likeness (QED) is 0.128. The molecule has 3 saturated heterocycles. The number of allylic oxidation sites excluding steroid dienone is 3. The molecule has 3 aliphatic heterocycles. The second kappa shape index (κ2) is 15.4. The van der Waals surface area contributed by atoms with Crippen molar-refractivity contribution in [1.82, 2.24) is 0 Å². The van der Waals surface area contributed by atoms with Gasteiger partial charge in [-0.05, 0) is 74.7 Å². The molecule has 0 amide bonds. The number of carbonyl (C=O) groups is 1. The lowest BCUT2D eigenvalue weighted by atomic mass is 9.46. The Morgan fingerprint density at radius 3 is 2.22 bits per heavy atom. The molecule has 16 heteroatoms. The second-order valence-electron chi connectivity index (χ2n) is 17.1. The molecule has 0 aromatic carbocycles. The highest BCUT2D eigenvalue weighted by molar-refractivity contribution is 5.95.